The fourth-order valence-corrected chi connectivity index (χ4v) is 4.96. The highest BCUT2D eigenvalue weighted by atomic mass is 32.2. The van der Waals surface area contributed by atoms with Gasteiger partial charge in [0.25, 0.3) is 5.91 Å². The minimum Gasteiger partial charge on any atom is -0.345 e. The fourth-order valence-electron chi connectivity index (χ4n) is 3.16. The molecule has 3 N–H and O–H groups in total. The van der Waals surface area contributed by atoms with Crippen LogP contribution < -0.4 is 10.0 Å². The van der Waals surface area contributed by atoms with Crippen molar-refractivity contribution in [1.82, 2.24) is 14.3 Å². The quantitative estimate of drug-likeness (QED) is 0.783. The summed E-state index contributed by atoms with van der Waals surface area (Å²) < 4.78 is 25.9. The molecule has 1 amide bonds. The van der Waals surface area contributed by atoms with Crippen LogP contribution in [0.2, 0.25) is 0 Å². The molecule has 3 rings (SSSR count). The molecule has 8 heteroatoms. The second kappa shape index (κ2) is 6.61. The average molecular weight is 361 g/mol. The van der Waals surface area contributed by atoms with Crippen molar-refractivity contribution < 1.29 is 9.00 Å². The lowest BCUT2D eigenvalue weighted by Gasteiger charge is -2.20. The van der Waals surface area contributed by atoms with Gasteiger partial charge in [0.15, 0.2) is 0 Å². The molecule has 2 aromatic heterocycles. The van der Waals surface area contributed by atoms with Crippen molar-refractivity contribution in [2.45, 2.75) is 37.6 Å². The van der Waals surface area contributed by atoms with E-state index >= 15 is 0 Å². The molecule has 0 bridgehead atoms. The van der Waals surface area contributed by atoms with Gasteiger partial charge in [-0.1, -0.05) is 13.8 Å². The predicted molar refractivity (Wildman–Crippen MR) is 96.8 cm³/mol. The van der Waals surface area contributed by atoms with E-state index in [-0.39, 0.29) is 17.9 Å². The van der Waals surface area contributed by atoms with Crippen LogP contribution in [0.3, 0.4) is 0 Å². The summed E-state index contributed by atoms with van der Waals surface area (Å²) in [4.78, 5) is 17.1. The molecule has 0 radical (unpaired) electrons. The first-order chi connectivity index (χ1) is 11.8. The lowest BCUT2D eigenvalue weighted by atomic mass is 9.97. The molecule has 0 aromatic carbocycles. The van der Waals surface area contributed by atoms with E-state index < -0.39 is 9.92 Å². The monoisotopic (exact) mass is 361 g/mol. The summed E-state index contributed by atoms with van der Waals surface area (Å²) in [5, 5.41) is 2.84. The van der Waals surface area contributed by atoms with Crippen molar-refractivity contribution in [1.29, 1.82) is 4.78 Å². The largest absolute Gasteiger partial charge is 0.345 e. The predicted octanol–water partition coefficient (Wildman–Crippen LogP) is 2.55. The summed E-state index contributed by atoms with van der Waals surface area (Å²) in [6, 6.07) is 3.41. The van der Waals surface area contributed by atoms with E-state index in [4.69, 9.17) is 4.78 Å². The Labute approximate surface area is 148 Å². The van der Waals surface area contributed by atoms with Crippen molar-refractivity contribution >= 4 is 21.5 Å². The van der Waals surface area contributed by atoms with Crippen LogP contribution in [-0.4, -0.2) is 25.7 Å². The highest BCUT2D eigenvalue weighted by Gasteiger charge is 2.31. The number of aryl methyl sites for hydroxylation is 1. The Balaban J connectivity index is 1.99. The number of anilines is 1. The summed E-state index contributed by atoms with van der Waals surface area (Å²) in [5.74, 6) is -0.00817. The van der Waals surface area contributed by atoms with Gasteiger partial charge in [-0.15, -0.1) is 0 Å². The van der Waals surface area contributed by atoms with Crippen LogP contribution in [-0.2, 0) is 23.4 Å². The smallest absolute Gasteiger partial charge is 0.272 e. The van der Waals surface area contributed by atoms with Crippen molar-refractivity contribution in [3.8, 4) is 0 Å². The maximum atomic E-state index is 12.9. The number of carbonyl (C=O) groups is 1. The maximum Gasteiger partial charge on any atom is 0.272 e. The Kier molecular flexibility index (Phi) is 4.66. The zero-order valence-corrected chi connectivity index (χ0v) is 15.4. The summed E-state index contributed by atoms with van der Waals surface area (Å²) in [6.07, 6.45) is 6.20. The van der Waals surface area contributed by atoms with Crippen LogP contribution in [0, 0.1) is 10.7 Å². The molecule has 2 atom stereocenters. The number of fused-ring (bicyclic) bond motifs is 1. The lowest BCUT2D eigenvalue weighted by Crippen LogP contribution is -2.36. The molecule has 0 spiro atoms. The van der Waals surface area contributed by atoms with Crippen LogP contribution in [0.1, 0.15) is 36.3 Å². The molecule has 0 saturated heterocycles. The summed E-state index contributed by atoms with van der Waals surface area (Å²) in [6.45, 7) is 4.08. The first-order valence-corrected chi connectivity index (χ1v) is 9.81. The van der Waals surface area contributed by atoms with Crippen molar-refractivity contribution in [3.63, 3.8) is 0 Å². The third-order valence-corrected chi connectivity index (χ3v) is 6.14. The standard InChI is InChI=1S/C17H23N5O2S/c1-11(2)14-5-4-13-15(25(18,24)21-14)10-22(3)16(13)17(23)20-12-6-8-19-9-7-12/h6-11,14H,4-5H2,1-3H3,(H2,18,21,24)(H,19,20,23)/t14-,25?/m1/s1. The van der Waals surface area contributed by atoms with E-state index in [0.717, 1.165) is 6.42 Å². The topological polar surface area (TPSA) is 99.9 Å². The zero-order valence-electron chi connectivity index (χ0n) is 14.6. The highest BCUT2D eigenvalue weighted by Crippen LogP contribution is 2.29. The number of hydrogen-bond donors (Lipinski definition) is 3. The van der Waals surface area contributed by atoms with E-state index in [1.807, 2.05) is 13.8 Å². The summed E-state index contributed by atoms with van der Waals surface area (Å²) >= 11 is 0. The fraction of sp³-hybridized carbons (Fsp3) is 0.412. The maximum absolute atomic E-state index is 12.9. The zero-order chi connectivity index (χ0) is 18.2. The molecule has 1 aliphatic rings. The second-order valence-electron chi connectivity index (χ2n) is 6.68. The Hall–Kier alpha value is -2.19. The molecule has 25 heavy (non-hydrogen) atoms. The number of nitrogens with one attached hydrogen (secondary N) is 3. The number of carbonyl (C=O) groups excluding carboxylic acids is 1. The minimum atomic E-state index is -3.14. The van der Waals surface area contributed by atoms with Gasteiger partial charge in [-0.3, -0.25) is 9.78 Å². The molecule has 1 unspecified atom stereocenters. The van der Waals surface area contributed by atoms with Crippen molar-refractivity contribution in [3.05, 3.63) is 42.0 Å². The third kappa shape index (κ3) is 3.45. The molecule has 1 aliphatic heterocycles. The Bertz CT molecular complexity index is 887. The summed E-state index contributed by atoms with van der Waals surface area (Å²) in [5.41, 5.74) is 1.80. The number of hydrogen-bond acceptors (Lipinski definition) is 4. The van der Waals surface area contributed by atoms with Crippen LogP contribution in [0.5, 0.6) is 0 Å². The van der Waals surface area contributed by atoms with Gasteiger partial charge >= 0.3 is 0 Å². The number of amides is 1. The number of aromatic nitrogens is 2. The van der Waals surface area contributed by atoms with Gasteiger partial charge in [0.05, 0.1) is 4.90 Å². The van der Waals surface area contributed by atoms with Crippen molar-refractivity contribution in [2.75, 3.05) is 5.32 Å². The van der Waals surface area contributed by atoms with E-state index in [9.17, 15) is 9.00 Å². The molecular weight excluding hydrogens is 338 g/mol. The molecule has 134 valence electrons. The van der Waals surface area contributed by atoms with E-state index in [0.29, 0.717) is 28.3 Å². The molecule has 0 aliphatic carbocycles. The Morgan fingerprint density at radius 3 is 2.76 bits per heavy atom. The molecule has 3 heterocycles. The van der Waals surface area contributed by atoms with E-state index in [2.05, 4.69) is 15.0 Å². The van der Waals surface area contributed by atoms with Gasteiger partial charge in [0, 0.05) is 42.9 Å². The normalized spacial score (nSPS) is 23.1. The SMILES string of the molecule is CC(C)[C@H]1CCc2c(cn(C)c2C(=O)Nc2ccncc2)S(=N)(=O)N1. The number of rotatable bonds is 3. The van der Waals surface area contributed by atoms with Gasteiger partial charge in [-0.05, 0) is 30.9 Å². The molecule has 0 saturated carbocycles. The molecular formula is C17H23N5O2S. The Morgan fingerprint density at radius 1 is 1.44 bits per heavy atom. The van der Waals surface area contributed by atoms with Crippen LogP contribution in [0.15, 0.2) is 35.6 Å². The lowest BCUT2D eigenvalue weighted by molar-refractivity contribution is 0.101. The van der Waals surface area contributed by atoms with Gasteiger partial charge in [-0.25, -0.2) is 13.7 Å². The van der Waals surface area contributed by atoms with Gasteiger partial charge in [0.2, 0.25) is 0 Å². The first kappa shape index (κ1) is 17.6. The second-order valence-corrected chi connectivity index (χ2v) is 8.47. The summed E-state index contributed by atoms with van der Waals surface area (Å²) in [7, 11) is -1.40. The number of nitrogens with zero attached hydrogens (tertiary/aromatic N) is 2. The van der Waals surface area contributed by atoms with Gasteiger partial charge < -0.3 is 9.88 Å². The van der Waals surface area contributed by atoms with Gasteiger partial charge in [-0.2, -0.15) is 0 Å². The van der Waals surface area contributed by atoms with Crippen LogP contribution >= 0.6 is 0 Å². The highest BCUT2D eigenvalue weighted by molar-refractivity contribution is 7.90. The first-order valence-electron chi connectivity index (χ1n) is 8.25. The number of pyridine rings is 1. The van der Waals surface area contributed by atoms with Gasteiger partial charge in [0.1, 0.15) is 15.6 Å². The molecule has 2 aromatic rings. The Morgan fingerprint density at radius 2 is 2.12 bits per heavy atom. The molecule has 7 nitrogen and oxygen atoms in total. The van der Waals surface area contributed by atoms with E-state index in [1.165, 1.54) is 0 Å². The minimum absolute atomic E-state index is 0.0150. The van der Waals surface area contributed by atoms with E-state index in [1.54, 1.807) is 42.3 Å². The van der Waals surface area contributed by atoms with Crippen LogP contribution in [0.25, 0.3) is 0 Å². The average Bonchev–Trinajstić information content (AvgIpc) is 2.83. The van der Waals surface area contributed by atoms with Crippen LogP contribution in [0.4, 0.5) is 5.69 Å². The third-order valence-electron chi connectivity index (χ3n) is 4.54. The van der Waals surface area contributed by atoms with Crippen molar-refractivity contribution in [2.24, 2.45) is 13.0 Å². The molecule has 0 fully saturated rings.